The van der Waals surface area contributed by atoms with Crippen molar-refractivity contribution in [2.45, 2.75) is 0 Å². The van der Waals surface area contributed by atoms with Crippen molar-refractivity contribution in [2.75, 3.05) is 34.3 Å². The van der Waals surface area contributed by atoms with Crippen molar-refractivity contribution in [3.05, 3.63) is 4.91 Å². The number of likely N-dealkylation sites (N-methyl/N-ethyl adjacent to an activating group) is 2. The highest BCUT2D eigenvalue weighted by Gasteiger charge is 2.14. The van der Waals surface area contributed by atoms with E-state index < -0.39 is 5.97 Å². The highest BCUT2D eigenvalue weighted by molar-refractivity contribution is 5.82. The average molecular weight is 203 g/mol. The monoisotopic (exact) mass is 203 g/mol. The third-order valence-electron chi connectivity index (χ3n) is 1.52. The molecule has 0 heterocycles. The molecule has 0 fully saturated rings. The molecule has 0 aromatic rings. The Balaban J connectivity index is 3.99. The van der Waals surface area contributed by atoms with Gasteiger partial charge in [0.25, 0.3) is 0 Å². The number of rotatable bonds is 5. The Morgan fingerprint density at radius 1 is 1.29 bits per heavy atom. The largest absolute Gasteiger partial charge is 0.468 e. The third kappa shape index (κ3) is 4.39. The Morgan fingerprint density at radius 2 is 1.86 bits per heavy atom. The highest BCUT2D eigenvalue weighted by Crippen LogP contribution is 1.90. The molecule has 0 radical (unpaired) electrons. The summed E-state index contributed by atoms with van der Waals surface area (Å²) in [5.74, 6) is -0.889. The number of carbonyl (C=O) groups excluding carboxylic acids is 2. The Hall–Kier alpha value is -1.66. The van der Waals surface area contributed by atoms with Crippen LogP contribution in [-0.2, 0) is 14.3 Å². The minimum atomic E-state index is -0.512. The first-order valence-corrected chi connectivity index (χ1v) is 3.86. The van der Waals surface area contributed by atoms with Gasteiger partial charge >= 0.3 is 5.97 Å². The van der Waals surface area contributed by atoms with Crippen LogP contribution in [0.15, 0.2) is 5.29 Å². The summed E-state index contributed by atoms with van der Waals surface area (Å²) in [5.41, 5.74) is 0. The molecule has 0 aliphatic heterocycles. The second-order valence-electron chi connectivity index (χ2n) is 2.72. The number of carbonyl (C=O) groups is 2. The summed E-state index contributed by atoms with van der Waals surface area (Å²) >= 11 is 0. The summed E-state index contributed by atoms with van der Waals surface area (Å²) in [6.45, 7) is -0.293. The van der Waals surface area contributed by atoms with Crippen LogP contribution in [0.2, 0.25) is 0 Å². The molecule has 14 heavy (non-hydrogen) atoms. The fraction of sp³-hybridized carbons (Fsp3) is 0.714. The standard InChI is InChI=1S/C7H13N3O4/c1-9(5-7(12)14-3)6(11)4-10(2)8-13/h4-5H2,1-3H3. The van der Waals surface area contributed by atoms with Crippen LogP contribution in [0.3, 0.4) is 0 Å². The van der Waals surface area contributed by atoms with E-state index >= 15 is 0 Å². The van der Waals surface area contributed by atoms with Crippen LogP contribution in [0, 0.1) is 4.91 Å². The van der Waals surface area contributed by atoms with Crippen molar-refractivity contribution in [1.82, 2.24) is 9.91 Å². The van der Waals surface area contributed by atoms with Gasteiger partial charge in [-0.2, -0.15) is 0 Å². The first kappa shape index (κ1) is 12.3. The summed E-state index contributed by atoms with van der Waals surface area (Å²) in [7, 11) is 4.05. The van der Waals surface area contributed by atoms with Gasteiger partial charge < -0.3 is 9.64 Å². The molecule has 1 amide bonds. The zero-order chi connectivity index (χ0) is 11.1. The van der Waals surface area contributed by atoms with Gasteiger partial charge in [0.1, 0.15) is 13.1 Å². The molecule has 7 heteroatoms. The molecular formula is C7H13N3O4. The predicted molar refractivity (Wildman–Crippen MR) is 48.1 cm³/mol. The van der Waals surface area contributed by atoms with E-state index in [0.29, 0.717) is 0 Å². The molecule has 0 spiro atoms. The Kier molecular flexibility index (Phi) is 5.20. The number of amides is 1. The normalized spacial score (nSPS) is 9.07. The summed E-state index contributed by atoms with van der Waals surface area (Å²) in [4.78, 5) is 33.1. The molecular weight excluding hydrogens is 190 g/mol. The van der Waals surface area contributed by atoms with Crippen LogP contribution in [-0.4, -0.2) is 56.1 Å². The number of esters is 1. The van der Waals surface area contributed by atoms with Gasteiger partial charge in [0.05, 0.1) is 12.4 Å². The van der Waals surface area contributed by atoms with E-state index in [1.165, 1.54) is 21.2 Å². The summed E-state index contributed by atoms with van der Waals surface area (Å²) in [6.07, 6.45) is 0. The van der Waals surface area contributed by atoms with Gasteiger partial charge in [-0.25, -0.2) is 0 Å². The van der Waals surface area contributed by atoms with Crippen LogP contribution in [0.5, 0.6) is 0 Å². The van der Waals surface area contributed by atoms with Crippen LogP contribution in [0.25, 0.3) is 0 Å². The molecule has 80 valence electrons. The van der Waals surface area contributed by atoms with E-state index in [0.717, 1.165) is 9.91 Å². The molecule has 7 nitrogen and oxygen atoms in total. The van der Waals surface area contributed by atoms with E-state index in [1.807, 2.05) is 0 Å². The quantitative estimate of drug-likeness (QED) is 0.333. The van der Waals surface area contributed by atoms with Crippen molar-refractivity contribution >= 4 is 11.9 Å². The molecule has 0 saturated heterocycles. The van der Waals surface area contributed by atoms with E-state index in [9.17, 15) is 14.5 Å². The first-order chi connectivity index (χ1) is 6.51. The number of ether oxygens (including phenoxy) is 1. The maximum atomic E-state index is 11.2. The first-order valence-electron chi connectivity index (χ1n) is 3.86. The van der Waals surface area contributed by atoms with E-state index in [-0.39, 0.29) is 19.0 Å². The molecule has 0 saturated carbocycles. The van der Waals surface area contributed by atoms with Crippen molar-refractivity contribution in [3.8, 4) is 0 Å². The average Bonchev–Trinajstić information content (AvgIpc) is 2.17. The zero-order valence-electron chi connectivity index (χ0n) is 8.39. The maximum Gasteiger partial charge on any atom is 0.325 e. The summed E-state index contributed by atoms with van der Waals surface area (Å²) < 4.78 is 4.37. The summed E-state index contributed by atoms with van der Waals surface area (Å²) in [6, 6.07) is 0. The van der Waals surface area contributed by atoms with Gasteiger partial charge in [-0.1, -0.05) is 0 Å². The highest BCUT2D eigenvalue weighted by atomic mass is 16.5. The Morgan fingerprint density at radius 3 is 2.29 bits per heavy atom. The fourth-order valence-corrected chi connectivity index (χ4v) is 0.692. The molecule has 0 atom stereocenters. The van der Waals surface area contributed by atoms with Crippen molar-refractivity contribution in [1.29, 1.82) is 0 Å². The number of hydrogen-bond donors (Lipinski definition) is 0. The SMILES string of the molecule is COC(=O)CN(C)C(=O)CN(C)N=O. The zero-order valence-corrected chi connectivity index (χ0v) is 8.39. The lowest BCUT2D eigenvalue weighted by Crippen LogP contribution is -2.38. The number of hydrogen-bond acceptors (Lipinski definition) is 5. The molecule has 0 aromatic carbocycles. The molecule has 0 bridgehead atoms. The maximum absolute atomic E-state index is 11.2. The minimum absolute atomic E-state index is 0.137. The van der Waals surface area contributed by atoms with Crippen molar-refractivity contribution in [2.24, 2.45) is 5.29 Å². The lowest BCUT2D eigenvalue weighted by molar-refractivity contribution is -0.146. The topological polar surface area (TPSA) is 79.3 Å². The van der Waals surface area contributed by atoms with Gasteiger partial charge in [-0.3, -0.25) is 14.6 Å². The van der Waals surface area contributed by atoms with Gasteiger partial charge in [0.15, 0.2) is 0 Å². The third-order valence-corrected chi connectivity index (χ3v) is 1.52. The Labute approximate surface area is 81.6 Å². The predicted octanol–water partition coefficient (Wildman–Crippen LogP) is -0.769. The van der Waals surface area contributed by atoms with Crippen LogP contribution in [0.1, 0.15) is 0 Å². The second-order valence-corrected chi connectivity index (χ2v) is 2.72. The number of methoxy groups -OCH3 is 1. The second kappa shape index (κ2) is 5.90. The minimum Gasteiger partial charge on any atom is -0.468 e. The fourth-order valence-electron chi connectivity index (χ4n) is 0.692. The van der Waals surface area contributed by atoms with E-state index in [1.54, 1.807) is 0 Å². The molecule has 0 N–H and O–H groups in total. The molecule has 0 unspecified atom stereocenters. The summed E-state index contributed by atoms with van der Waals surface area (Å²) in [5, 5.41) is 3.47. The van der Waals surface area contributed by atoms with Gasteiger partial charge in [0, 0.05) is 14.1 Å². The van der Waals surface area contributed by atoms with Crippen LogP contribution >= 0.6 is 0 Å². The molecule has 0 aromatic heterocycles. The molecule has 0 rings (SSSR count). The Bertz CT molecular complexity index is 231. The van der Waals surface area contributed by atoms with Gasteiger partial charge in [-0.05, 0) is 0 Å². The molecule has 0 aliphatic rings. The van der Waals surface area contributed by atoms with Crippen molar-refractivity contribution < 1.29 is 14.3 Å². The molecule has 0 aliphatic carbocycles. The van der Waals surface area contributed by atoms with Crippen LogP contribution in [0.4, 0.5) is 0 Å². The number of nitroso groups, excluding NO2 is 1. The van der Waals surface area contributed by atoms with Crippen molar-refractivity contribution in [3.63, 3.8) is 0 Å². The van der Waals surface area contributed by atoms with Gasteiger partial charge in [0.2, 0.25) is 5.91 Å². The van der Waals surface area contributed by atoms with E-state index in [4.69, 9.17) is 0 Å². The lowest BCUT2D eigenvalue weighted by Gasteiger charge is -2.17. The van der Waals surface area contributed by atoms with Crippen LogP contribution < -0.4 is 0 Å². The number of nitrogens with zero attached hydrogens (tertiary/aromatic N) is 3. The smallest absolute Gasteiger partial charge is 0.325 e. The van der Waals surface area contributed by atoms with Gasteiger partial charge in [-0.15, -0.1) is 4.91 Å². The van der Waals surface area contributed by atoms with E-state index in [2.05, 4.69) is 10.0 Å². The lowest BCUT2D eigenvalue weighted by atomic mass is 10.5.